The van der Waals surface area contributed by atoms with Crippen molar-refractivity contribution in [3.8, 4) is 22.3 Å². The van der Waals surface area contributed by atoms with Gasteiger partial charge in [-0.05, 0) is 58.6 Å². The number of carboxylic acids is 1. The molecule has 3 N–H and O–H groups in total. The molecule has 3 aromatic rings. The maximum absolute atomic E-state index is 14.4. The molecule has 14 nitrogen and oxygen atoms in total. The number of rotatable bonds is 5. The second-order valence-corrected chi connectivity index (χ2v) is 14.4. The molecule has 268 valence electrons. The minimum Gasteiger partial charge on any atom is -0.479 e. The van der Waals surface area contributed by atoms with Crippen LogP contribution >= 0.6 is 0 Å². The van der Waals surface area contributed by atoms with Gasteiger partial charge in [-0.3, -0.25) is 24.4 Å². The number of aliphatic carboxylic acids is 1. The number of alkyl carbamates (subject to hydrolysis) is 1. The number of hydrogen-bond donors (Lipinski definition) is 3. The Morgan fingerprint density at radius 2 is 1.75 bits per heavy atom. The van der Waals surface area contributed by atoms with Gasteiger partial charge in [-0.1, -0.05) is 37.1 Å². The van der Waals surface area contributed by atoms with Gasteiger partial charge in [0, 0.05) is 60.4 Å². The number of nitrogens with one attached hydrogen (secondary N) is 2. The summed E-state index contributed by atoms with van der Waals surface area (Å²) in [5.74, 6) is -2.72. The van der Waals surface area contributed by atoms with Gasteiger partial charge in [0.05, 0.1) is 17.8 Å². The first-order valence-electron chi connectivity index (χ1n) is 17.3. The number of carbonyl (C=O) groups excluding carboxylic acids is 3. The Kier molecular flexibility index (Phi) is 10.0. The normalized spacial score (nSPS) is 26.1. The molecule has 1 saturated heterocycles. The SMILES string of the molecule is CC(C)(C)OC(=O)N[C@H]1CCCCC/C=C\[C@H]2C[C@@]2(C(=O)O)NC(=O)[C@@H]2C[C@H](n3ncc(-c4cccnc4)c(-c4cccnc4)c3=O)CN2C1=O. The van der Waals surface area contributed by atoms with Crippen LogP contribution in [0.4, 0.5) is 4.79 Å². The Bertz CT molecular complexity index is 1880. The van der Waals surface area contributed by atoms with E-state index < -0.39 is 64.6 Å². The van der Waals surface area contributed by atoms with Gasteiger partial charge in [-0.15, -0.1) is 0 Å². The van der Waals surface area contributed by atoms with Gasteiger partial charge in [0.15, 0.2) is 0 Å². The summed E-state index contributed by atoms with van der Waals surface area (Å²) in [5.41, 5.74) is -0.676. The largest absolute Gasteiger partial charge is 0.479 e. The Morgan fingerprint density at radius 1 is 1.02 bits per heavy atom. The third-order valence-corrected chi connectivity index (χ3v) is 9.60. The van der Waals surface area contributed by atoms with Crippen molar-refractivity contribution in [3.63, 3.8) is 0 Å². The monoisotopic (exact) mass is 697 g/mol. The molecule has 5 heterocycles. The van der Waals surface area contributed by atoms with Crippen LogP contribution in [-0.2, 0) is 19.1 Å². The molecule has 2 aliphatic heterocycles. The average Bonchev–Trinajstić information content (AvgIpc) is 3.61. The molecular formula is C37H43N7O7. The van der Waals surface area contributed by atoms with Crippen LogP contribution in [0, 0.1) is 5.92 Å². The Hall–Kier alpha value is -5.40. The fourth-order valence-corrected chi connectivity index (χ4v) is 6.96. The molecule has 3 aliphatic rings. The molecule has 6 rings (SSSR count). The van der Waals surface area contributed by atoms with Crippen LogP contribution in [0.2, 0.25) is 0 Å². The molecule has 0 unspecified atom stereocenters. The zero-order valence-corrected chi connectivity index (χ0v) is 28.9. The summed E-state index contributed by atoms with van der Waals surface area (Å²) in [7, 11) is 0. The molecule has 51 heavy (non-hydrogen) atoms. The lowest BCUT2D eigenvalue weighted by Gasteiger charge is -2.30. The molecule has 14 heteroatoms. The van der Waals surface area contributed by atoms with Gasteiger partial charge in [-0.25, -0.2) is 14.3 Å². The molecular weight excluding hydrogens is 654 g/mol. The summed E-state index contributed by atoms with van der Waals surface area (Å²) < 4.78 is 6.75. The van der Waals surface area contributed by atoms with Crippen molar-refractivity contribution in [2.45, 2.75) is 95.0 Å². The third kappa shape index (κ3) is 7.69. The van der Waals surface area contributed by atoms with Crippen LogP contribution in [0.25, 0.3) is 22.3 Å². The number of allylic oxidation sites excluding steroid dienone is 1. The van der Waals surface area contributed by atoms with E-state index in [0.29, 0.717) is 35.1 Å². The van der Waals surface area contributed by atoms with Crippen molar-refractivity contribution in [1.82, 2.24) is 35.3 Å². The summed E-state index contributed by atoms with van der Waals surface area (Å²) in [5, 5.41) is 20.2. The van der Waals surface area contributed by atoms with E-state index in [1.807, 2.05) is 18.2 Å². The van der Waals surface area contributed by atoms with Crippen LogP contribution in [0.3, 0.4) is 0 Å². The molecule has 5 atom stereocenters. The average molecular weight is 698 g/mol. The van der Waals surface area contributed by atoms with Crippen molar-refractivity contribution in [1.29, 1.82) is 0 Å². The van der Waals surface area contributed by atoms with Crippen molar-refractivity contribution in [3.05, 3.63) is 77.8 Å². The topological polar surface area (TPSA) is 186 Å². The standard InChI is InChI=1S/C37H43N7O7/c1-36(2,3)51-35(50)41-28-14-8-6-4-5-7-13-25-18-37(25,34(48)49)42-31(45)29-17-26(22-43(29)32(28)46)44-33(47)30(24-12-10-16-39-20-24)27(21-40-44)23-11-9-15-38-19-23/h7,9-13,15-16,19-21,25-26,28-29H,4-6,8,14,17-18,22H2,1-3H3,(H,41,50)(H,42,45)(H,48,49)/b13-7-/t25-,26-,28-,29-,37+/m0/s1. The summed E-state index contributed by atoms with van der Waals surface area (Å²) in [6.07, 6.45) is 14.4. The van der Waals surface area contributed by atoms with E-state index in [9.17, 15) is 29.1 Å². The van der Waals surface area contributed by atoms with Gasteiger partial charge >= 0.3 is 12.1 Å². The lowest BCUT2D eigenvalue weighted by atomic mass is 9.99. The zero-order chi connectivity index (χ0) is 36.3. The molecule has 3 amide bonds. The lowest BCUT2D eigenvalue weighted by Crippen LogP contribution is -2.56. The predicted molar refractivity (Wildman–Crippen MR) is 186 cm³/mol. The number of carbonyl (C=O) groups is 4. The van der Waals surface area contributed by atoms with Crippen LogP contribution in [0.1, 0.15) is 71.8 Å². The fraction of sp³-hybridized carbons (Fsp3) is 0.459. The Morgan fingerprint density at radius 3 is 2.41 bits per heavy atom. The molecule has 0 aromatic carbocycles. The number of amides is 3. The summed E-state index contributed by atoms with van der Waals surface area (Å²) >= 11 is 0. The van der Waals surface area contributed by atoms with Crippen molar-refractivity contribution < 1.29 is 29.0 Å². The Balaban J connectivity index is 1.39. The number of fused-ring (bicyclic) bond motifs is 2. The maximum Gasteiger partial charge on any atom is 0.408 e. The van der Waals surface area contributed by atoms with Crippen molar-refractivity contribution >= 4 is 23.9 Å². The van der Waals surface area contributed by atoms with Crippen LogP contribution in [-0.4, -0.2) is 83.4 Å². The van der Waals surface area contributed by atoms with Gasteiger partial charge < -0.3 is 25.4 Å². The van der Waals surface area contributed by atoms with Gasteiger partial charge in [-0.2, -0.15) is 5.10 Å². The predicted octanol–water partition coefficient (Wildman–Crippen LogP) is 3.88. The molecule has 1 aliphatic carbocycles. The number of nitrogens with zero attached hydrogens (tertiary/aromatic N) is 5. The van der Waals surface area contributed by atoms with Gasteiger partial charge in [0.1, 0.15) is 23.2 Å². The molecule has 1 saturated carbocycles. The molecule has 0 bridgehead atoms. The lowest BCUT2D eigenvalue weighted by molar-refractivity contribution is -0.145. The van der Waals surface area contributed by atoms with E-state index in [0.717, 1.165) is 19.3 Å². The summed E-state index contributed by atoms with van der Waals surface area (Å²) in [4.78, 5) is 78.1. The first kappa shape index (κ1) is 35.4. The van der Waals surface area contributed by atoms with E-state index in [1.165, 1.54) is 9.58 Å². The van der Waals surface area contributed by atoms with E-state index in [4.69, 9.17) is 4.74 Å². The second-order valence-electron chi connectivity index (χ2n) is 14.4. The third-order valence-electron chi connectivity index (χ3n) is 9.60. The molecule has 0 spiro atoms. The second kappa shape index (κ2) is 14.4. The molecule has 2 fully saturated rings. The first-order chi connectivity index (χ1) is 24.4. The van der Waals surface area contributed by atoms with E-state index in [1.54, 1.807) is 70.0 Å². The highest BCUT2D eigenvalue weighted by Crippen LogP contribution is 2.45. The van der Waals surface area contributed by atoms with Gasteiger partial charge in [0.25, 0.3) is 5.56 Å². The van der Waals surface area contributed by atoms with E-state index in [-0.39, 0.29) is 19.4 Å². The van der Waals surface area contributed by atoms with E-state index >= 15 is 0 Å². The summed E-state index contributed by atoms with van der Waals surface area (Å²) in [6, 6.07) is 4.13. The highest BCUT2D eigenvalue weighted by Gasteiger charge is 2.61. The fourth-order valence-electron chi connectivity index (χ4n) is 6.96. The first-order valence-corrected chi connectivity index (χ1v) is 17.3. The number of hydrogen-bond acceptors (Lipinski definition) is 9. The highest BCUT2D eigenvalue weighted by molar-refractivity contribution is 5.96. The number of aromatic nitrogens is 4. The molecule has 3 aromatic heterocycles. The molecule has 0 radical (unpaired) electrons. The van der Waals surface area contributed by atoms with E-state index in [2.05, 4.69) is 25.7 Å². The zero-order valence-electron chi connectivity index (χ0n) is 28.9. The smallest absolute Gasteiger partial charge is 0.408 e. The number of pyridine rings is 2. The van der Waals surface area contributed by atoms with Crippen LogP contribution in [0.5, 0.6) is 0 Å². The number of carboxylic acid groups (broad SMARTS) is 1. The minimum absolute atomic E-state index is 0.0153. The number of ether oxygens (including phenoxy) is 1. The van der Waals surface area contributed by atoms with Crippen LogP contribution < -0.4 is 16.2 Å². The maximum atomic E-state index is 14.4. The summed E-state index contributed by atoms with van der Waals surface area (Å²) in [6.45, 7) is 5.07. The Labute approximate surface area is 295 Å². The highest BCUT2D eigenvalue weighted by atomic mass is 16.6. The van der Waals surface area contributed by atoms with Crippen molar-refractivity contribution in [2.75, 3.05) is 6.54 Å². The minimum atomic E-state index is -1.50. The van der Waals surface area contributed by atoms with Crippen LogP contribution in [0.15, 0.2) is 72.2 Å². The van der Waals surface area contributed by atoms with Crippen molar-refractivity contribution in [2.24, 2.45) is 5.92 Å². The quantitative estimate of drug-likeness (QED) is 0.331. The van der Waals surface area contributed by atoms with Gasteiger partial charge in [0.2, 0.25) is 11.8 Å².